The van der Waals surface area contributed by atoms with Gasteiger partial charge in [-0.1, -0.05) is 18.2 Å². The molecular weight excluding hydrogens is 234 g/mol. The number of ether oxygens (including phenoxy) is 1. The van der Waals surface area contributed by atoms with Gasteiger partial charge in [-0.15, -0.1) is 0 Å². The van der Waals surface area contributed by atoms with E-state index in [0.717, 1.165) is 11.1 Å². The second kappa shape index (κ2) is 5.17. The van der Waals surface area contributed by atoms with Gasteiger partial charge in [-0.2, -0.15) is 0 Å². The normalized spacial score (nSPS) is 10.4. The first-order valence-corrected chi connectivity index (χ1v) is 5.71. The second-order valence-corrected chi connectivity index (χ2v) is 4.25. The highest BCUT2D eigenvalue weighted by Gasteiger charge is 2.07. The highest BCUT2D eigenvalue weighted by molar-refractivity contribution is 5.31. The summed E-state index contributed by atoms with van der Waals surface area (Å²) in [4.78, 5) is 0. The minimum atomic E-state index is -0.369. The Balaban J connectivity index is 2.16. The van der Waals surface area contributed by atoms with Crippen molar-refractivity contribution in [1.29, 1.82) is 0 Å². The molecule has 0 heterocycles. The predicted octanol–water partition coefficient (Wildman–Crippen LogP) is 4.16. The van der Waals surface area contributed by atoms with Crippen LogP contribution in [-0.4, -0.2) is 0 Å². The third kappa shape index (κ3) is 2.67. The van der Waals surface area contributed by atoms with Crippen molar-refractivity contribution < 1.29 is 13.5 Å². The molecule has 0 aliphatic heterocycles. The fourth-order valence-electron chi connectivity index (χ4n) is 1.68. The Morgan fingerprint density at radius 1 is 1.00 bits per heavy atom. The fraction of sp³-hybridized carbons (Fsp3) is 0.200. The number of rotatable bonds is 3. The maximum atomic E-state index is 13.7. The smallest absolute Gasteiger partial charge is 0.167 e. The van der Waals surface area contributed by atoms with Crippen molar-refractivity contribution in [2.45, 2.75) is 20.5 Å². The summed E-state index contributed by atoms with van der Waals surface area (Å²) >= 11 is 0. The molecule has 18 heavy (non-hydrogen) atoms. The van der Waals surface area contributed by atoms with Crippen LogP contribution in [0.1, 0.15) is 16.7 Å². The van der Waals surface area contributed by atoms with Gasteiger partial charge in [0, 0.05) is 0 Å². The van der Waals surface area contributed by atoms with E-state index < -0.39 is 0 Å². The number of aryl methyl sites for hydroxylation is 2. The third-order valence-electron chi connectivity index (χ3n) is 2.85. The number of hydrogen-bond acceptors (Lipinski definition) is 1. The van der Waals surface area contributed by atoms with Gasteiger partial charge in [-0.05, 0) is 48.7 Å². The van der Waals surface area contributed by atoms with Crippen molar-refractivity contribution >= 4 is 0 Å². The number of benzene rings is 2. The average Bonchev–Trinajstić information content (AvgIpc) is 2.35. The minimum absolute atomic E-state index is 0.157. The maximum absolute atomic E-state index is 13.7. The van der Waals surface area contributed by atoms with E-state index in [4.69, 9.17) is 4.74 Å². The van der Waals surface area contributed by atoms with Crippen LogP contribution >= 0.6 is 0 Å². The zero-order valence-corrected chi connectivity index (χ0v) is 10.3. The van der Waals surface area contributed by atoms with Crippen LogP contribution < -0.4 is 4.74 Å². The van der Waals surface area contributed by atoms with Gasteiger partial charge in [0.25, 0.3) is 0 Å². The Morgan fingerprint density at radius 3 is 2.56 bits per heavy atom. The molecule has 0 atom stereocenters. The van der Waals surface area contributed by atoms with Crippen molar-refractivity contribution in [3.8, 4) is 5.75 Å². The molecule has 0 aliphatic carbocycles. The largest absolute Gasteiger partial charge is 0.486 e. The molecule has 0 fully saturated rings. The van der Waals surface area contributed by atoms with E-state index in [-0.39, 0.29) is 24.0 Å². The van der Waals surface area contributed by atoms with Crippen molar-refractivity contribution in [2.24, 2.45) is 0 Å². The zero-order valence-electron chi connectivity index (χ0n) is 10.3. The minimum Gasteiger partial charge on any atom is -0.486 e. The predicted molar refractivity (Wildman–Crippen MR) is 66.6 cm³/mol. The van der Waals surface area contributed by atoms with E-state index in [2.05, 4.69) is 0 Å². The summed E-state index contributed by atoms with van der Waals surface area (Å²) in [6.45, 7) is 3.70. The second-order valence-electron chi connectivity index (χ2n) is 4.25. The van der Waals surface area contributed by atoms with E-state index >= 15 is 0 Å². The molecule has 2 aromatic rings. The van der Waals surface area contributed by atoms with Gasteiger partial charge in [0.15, 0.2) is 11.6 Å². The molecule has 1 nitrogen and oxygen atoms in total. The molecule has 3 heteroatoms. The Hall–Kier alpha value is -1.90. The van der Waals surface area contributed by atoms with E-state index in [1.807, 2.05) is 6.92 Å². The maximum Gasteiger partial charge on any atom is 0.167 e. The first-order valence-electron chi connectivity index (χ1n) is 5.71. The summed E-state index contributed by atoms with van der Waals surface area (Å²) in [7, 11) is 0. The molecule has 0 N–H and O–H groups in total. The van der Waals surface area contributed by atoms with Crippen molar-refractivity contribution in [1.82, 2.24) is 0 Å². The molecule has 0 saturated heterocycles. The molecule has 2 rings (SSSR count). The molecule has 0 aromatic heterocycles. The molecule has 0 spiro atoms. The van der Waals surface area contributed by atoms with Gasteiger partial charge in [-0.25, -0.2) is 8.78 Å². The van der Waals surface area contributed by atoms with Crippen molar-refractivity contribution in [3.05, 3.63) is 64.7 Å². The Morgan fingerprint density at radius 2 is 1.78 bits per heavy atom. The van der Waals surface area contributed by atoms with Crippen molar-refractivity contribution in [2.75, 3.05) is 0 Å². The van der Waals surface area contributed by atoms with Gasteiger partial charge in [0.1, 0.15) is 12.4 Å². The van der Waals surface area contributed by atoms with E-state index in [0.29, 0.717) is 5.56 Å². The Kier molecular flexibility index (Phi) is 3.60. The first kappa shape index (κ1) is 12.6. The standard InChI is InChI=1S/C15H14F2O/c1-10-6-7-13(16)8-12(10)9-18-14-5-3-4-11(2)15(14)17/h3-8H,9H2,1-2H3. The fourth-order valence-corrected chi connectivity index (χ4v) is 1.68. The molecule has 94 valence electrons. The monoisotopic (exact) mass is 248 g/mol. The summed E-state index contributed by atoms with van der Waals surface area (Å²) in [5.74, 6) is -0.492. The van der Waals surface area contributed by atoms with E-state index in [1.165, 1.54) is 12.1 Å². The van der Waals surface area contributed by atoms with Crippen LogP contribution in [0.25, 0.3) is 0 Å². The SMILES string of the molecule is Cc1ccc(F)cc1COc1cccc(C)c1F. The molecule has 0 aliphatic rings. The average molecular weight is 248 g/mol. The lowest BCUT2D eigenvalue weighted by molar-refractivity contribution is 0.288. The van der Waals surface area contributed by atoms with Gasteiger partial charge in [-0.3, -0.25) is 0 Å². The Labute approximate surface area is 105 Å². The lowest BCUT2D eigenvalue weighted by Crippen LogP contribution is -2.00. The third-order valence-corrected chi connectivity index (χ3v) is 2.85. The topological polar surface area (TPSA) is 9.23 Å². The summed E-state index contributed by atoms with van der Waals surface area (Å²) in [5.41, 5.74) is 2.17. The van der Waals surface area contributed by atoms with E-state index in [9.17, 15) is 8.78 Å². The highest BCUT2D eigenvalue weighted by atomic mass is 19.1. The first-order chi connectivity index (χ1) is 8.58. The zero-order chi connectivity index (χ0) is 13.1. The van der Waals surface area contributed by atoms with Gasteiger partial charge in [0.05, 0.1) is 0 Å². The van der Waals surface area contributed by atoms with Crippen LogP contribution in [0, 0.1) is 25.5 Å². The van der Waals surface area contributed by atoms with Crippen LogP contribution in [0.15, 0.2) is 36.4 Å². The van der Waals surface area contributed by atoms with Crippen molar-refractivity contribution in [3.63, 3.8) is 0 Å². The molecule has 0 bridgehead atoms. The van der Waals surface area contributed by atoms with Crippen LogP contribution in [-0.2, 0) is 6.61 Å². The van der Waals surface area contributed by atoms with Gasteiger partial charge >= 0.3 is 0 Å². The van der Waals surface area contributed by atoms with Gasteiger partial charge in [0.2, 0.25) is 0 Å². The Bertz CT molecular complexity index is 562. The quantitative estimate of drug-likeness (QED) is 0.792. The van der Waals surface area contributed by atoms with Gasteiger partial charge < -0.3 is 4.74 Å². The van der Waals surface area contributed by atoms with Crippen LogP contribution in [0.4, 0.5) is 8.78 Å². The summed E-state index contributed by atoms with van der Waals surface area (Å²) in [6, 6.07) is 9.45. The van der Waals surface area contributed by atoms with Crippen LogP contribution in [0.3, 0.4) is 0 Å². The number of hydrogen-bond donors (Lipinski definition) is 0. The number of halogens is 2. The van der Waals surface area contributed by atoms with Crippen LogP contribution in [0.5, 0.6) is 5.75 Å². The molecular formula is C15H14F2O. The summed E-state index contributed by atoms with van der Waals surface area (Å²) < 4.78 is 32.2. The lowest BCUT2D eigenvalue weighted by Gasteiger charge is -2.10. The summed E-state index contributed by atoms with van der Waals surface area (Å²) in [6.07, 6.45) is 0. The highest BCUT2D eigenvalue weighted by Crippen LogP contribution is 2.21. The molecule has 2 aromatic carbocycles. The van der Waals surface area contributed by atoms with Crippen LogP contribution in [0.2, 0.25) is 0 Å². The molecule has 0 unspecified atom stereocenters. The van der Waals surface area contributed by atoms with E-state index in [1.54, 1.807) is 31.2 Å². The molecule has 0 amide bonds. The molecule has 0 radical (unpaired) electrons. The molecule has 0 saturated carbocycles. The lowest BCUT2D eigenvalue weighted by atomic mass is 10.1. The summed E-state index contributed by atoms with van der Waals surface area (Å²) in [5, 5.41) is 0.